The van der Waals surface area contributed by atoms with Crippen LogP contribution in [0.3, 0.4) is 0 Å². The molecule has 25 heavy (non-hydrogen) atoms. The minimum Gasteiger partial charge on any atom is -0.434 e. The Morgan fingerprint density at radius 3 is 3.00 bits per heavy atom. The number of ether oxygens (including phenoxy) is 1. The molecule has 1 aliphatic rings. The first kappa shape index (κ1) is 17.3. The average Bonchev–Trinajstić information content (AvgIpc) is 3.08. The third-order valence-corrected chi connectivity index (χ3v) is 4.15. The number of rotatable bonds is 5. The number of amides is 1. The minimum absolute atomic E-state index is 0.0339. The molecule has 6 nitrogen and oxygen atoms in total. The SMILES string of the molecule is Cc1ccc(NC(=O)c2ccn(C3CCCNC3)n2)cc1OC(F)F. The summed E-state index contributed by atoms with van der Waals surface area (Å²) in [6, 6.07) is 6.50. The molecule has 2 N–H and O–H groups in total. The van der Waals surface area contributed by atoms with Gasteiger partial charge in [0.2, 0.25) is 0 Å². The maximum atomic E-state index is 12.4. The number of carbonyl (C=O) groups excluding carboxylic acids is 1. The molecular weight excluding hydrogens is 330 g/mol. The molecule has 134 valence electrons. The first-order valence-corrected chi connectivity index (χ1v) is 8.15. The van der Waals surface area contributed by atoms with Crippen molar-refractivity contribution in [3.63, 3.8) is 0 Å². The summed E-state index contributed by atoms with van der Waals surface area (Å²) >= 11 is 0. The van der Waals surface area contributed by atoms with Crippen LogP contribution in [0.1, 0.15) is 34.9 Å². The van der Waals surface area contributed by atoms with Gasteiger partial charge in [-0.2, -0.15) is 13.9 Å². The molecule has 0 aliphatic carbocycles. The maximum Gasteiger partial charge on any atom is 0.387 e. The molecule has 1 aliphatic heterocycles. The van der Waals surface area contributed by atoms with E-state index in [1.807, 2.05) is 0 Å². The fraction of sp³-hybridized carbons (Fsp3) is 0.412. The number of benzene rings is 1. The number of aromatic nitrogens is 2. The summed E-state index contributed by atoms with van der Waals surface area (Å²) in [4.78, 5) is 12.3. The number of nitrogens with one attached hydrogen (secondary N) is 2. The molecule has 1 fully saturated rings. The number of anilines is 1. The van der Waals surface area contributed by atoms with Gasteiger partial charge in [0.15, 0.2) is 5.69 Å². The maximum absolute atomic E-state index is 12.4. The largest absolute Gasteiger partial charge is 0.434 e. The van der Waals surface area contributed by atoms with Gasteiger partial charge in [0.25, 0.3) is 5.91 Å². The Morgan fingerprint density at radius 2 is 2.28 bits per heavy atom. The smallest absolute Gasteiger partial charge is 0.387 e. The average molecular weight is 350 g/mol. The van der Waals surface area contributed by atoms with E-state index in [1.54, 1.807) is 36.0 Å². The highest BCUT2D eigenvalue weighted by Crippen LogP contribution is 2.24. The van der Waals surface area contributed by atoms with Crippen LogP contribution in [-0.2, 0) is 0 Å². The van der Waals surface area contributed by atoms with Gasteiger partial charge in [-0.1, -0.05) is 6.07 Å². The molecule has 3 rings (SSSR count). The quantitative estimate of drug-likeness (QED) is 0.870. The van der Waals surface area contributed by atoms with Gasteiger partial charge >= 0.3 is 6.61 Å². The summed E-state index contributed by atoms with van der Waals surface area (Å²) < 4.78 is 31.1. The molecule has 0 radical (unpaired) electrons. The molecule has 0 bridgehead atoms. The van der Waals surface area contributed by atoms with Crippen LogP contribution in [0.25, 0.3) is 0 Å². The monoisotopic (exact) mass is 350 g/mol. The highest BCUT2D eigenvalue weighted by molar-refractivity contribution is 6.02. The van der Waals surface area contributed by atoms with E-state index in [1.165, 1.54) is 6.07 Å². The second-order valence-electron chi connectivity index (χ2n) is 5.99. The van der Waals surface area contributed by atoms with Crippen molar-refractivity contribution in [3.05, 3.63) is 41.7 Å². The number of hydrogen-bond donors (Lipinski definition) is 2. The van der Waals surface area contributed by atoms with E-state index < -0.39 is 12.5 Å². The third kappa shape index (κ3) is 4.33. The second kappa shape index (κ2) is 7.60. The highest BCUT2D eigenvalue weighted by atomic mass is 19.3. The Balaban J connectivity index is 1.69. The lowest BCUT2D eigenvalue weighted by Gasteiger charge is -2.22. The molecule has 2 heterocycles. The predicted molar refractivity (Wildman–Crippen MR) is 89.1 cm³/mol. The molecule has 1 aromatic heterocycles. The molecule has 8 heteroatoms. The first-order valence-electron chi connectivity index (χ1n) is 8.15. The van der Waals surface area contributed by atoms with Gasteiger partial charge in [-0.3, -0.25) is 9.48 Å². The number of halogens is 2. The van der Waals surface area contributed by atoms with Crippen molar-refractivity contribution in [2.24, 2.45) is 0 Å². The fourth-order valence-corrected chi connectivity index (χ4v) is 2.82. The zero-order valence-electron chi connectivity index (χ0n) is 13.8. The molecule has 1 unspecified atom stereocenters. The Hall–Kier alpha value is -2.48. The lowest BCUT2D eigenvalue weighted by molar-refractivity contribution is -0.0502. The Labute approximate surface area is 144 Å². The number of carbonyl (C=O) groups is 1. The van der Waals surface area contributed by atoms with Crippen LogP contribution < -0.4 is 15.4 Å². The summed E-state index contributed by atoms with van der Waals surface area (Å²) in [5.74, 6) is -0.360. The topological polar surface area (TPSA) is 68.2 Å². The molecular formula is C17H20F2N4O2. The number of piperidine rings is 1. The van der Waals surface area contributed by atoms with Crippen molar-refractivity contribution in [2.45, 2.75) is 32.4 Å². The predicted octanol–water partition coefficient (Wildman–Crippen LogP) is 2.97. The molecule has 1 aromatic carbocycles. The molecule has 1 atom stereocenters. The van der Waals surface area contributed by atoms with Crippen LogP contribution >= 0.6 is 0 Å². The first-order chi connectivity index (χ1) is 12.0. The number of nitrogens with zero attached hydrogens (tertiary/aromatic N) is 2. The van der Waals surface area contributed by atoms with Gasteiger partial charge in [-0.05, 0) is 44.0 Å². The van der Waals surface area contributed by atoms with E-state index in [9.17, 15) is 13.6 Å². The van der Waals surface area contributed by atoms with Crippen molar-refractivity contribution >= 4 is 11.6 Å². The van der Waals surface area contributed by atoms with Crippen LogP contribution in [0, 0.1) is 6.92 Å². The van der Waals surface area contributed by atoms with E-state index in [0.717, 1.165) is 25.9 Å². The van der Waals surface area contributed by atoms with Gasteiger partial charge < -0.3 is 15.4 Å². The third-order valence-electron chi connectivity index (χ3n) is 4.15. The van der Waals surface area contributed by atoms with Crippen molar-refractivity contribution < 1.29 is 18.3 Å². The molecule has 1 saturated heterocycles. The van der Waals surface area contributed by atoms with Gasteiger partial charge in [-0.15, -0.1) is 0 Å². The summed E-state index contributed by atoms with van der Waals surface area (Å²) in [5, 5.41) is 10.3. The molecule has 0 saturated carbocycles. The van der Waals surface area contributed by atoms with E-state index in [2.05, 4.69) is 20.5 Å². The van der Waals surface area contributed by atoms with Gasteiger partial charge in [0.05, 0.1) is 6.04 Å². The summed E-state index contributed by atoms with van der Waals surface area (Å²) in [5.41, 5.74) is 1.22. The van der Waals surface area contributed by atoms with Crippen LogP contribution in [0.15, 0.2) is 30.5 Å². The van der Waals surface area contributed by atoms with Crippen molar-refractivity contribution in [3.8, 4) is 5.75 Å². The van der Waals surface area contributed by atoms with Crippen LogP contribution in [0.2, 0.25) is 0 Å². The normalized spacial score (nSPS) is 17.5. The lowest BCUT2D eigenvalue weighted by Crippen LogP contribution is -2.32. The van der Waals surface area contributed by atoms with Crippen LogP contribution in [0.5, 0.6) is 5.75 Å². The highest BCUT2D eigenvalue weighted by Gasteiger charge is 2.18. The van der Waals surface area contributed by atoms with Crippen LogP contribution in [0.4, 0.5) is 14.5 Å². The Morgan fingerprint density at radius 1 is 1.44 bits per heavy atom. The second-order valence-corrected chi connectivity index (χ2v) is 5.99. The van der Waals surface area contributed by atoms with E-state index in [0.29, 0.717) is 11.3 Å². The van der Waals surface area contributed by atoms with Crippen molar-refractivity contribution in [1.29, 1.82) is 0 Å². The standard InChI is InChI=1S/C17H20F2N4O2/c1-11-4-5-12(9-15(11)25-17(18)19)21-16(24)14-6-8-23(22-14)13-3-2-7-20-10-13/h4-6,8-9,13,17,20H,2-3,7,10H2,1H3,(H,21,24). The minimum atomic E-state index is -2.91. The Kier molecular flexibility index (Phi) is 5.28. The zero-order valence-corrected chi connectivity index (χ0v) is 13.8. The Bertz CT molecular complexity index is 742. The van der Waals surface area contributed by atoms with Gasteiger partial charge in [-0.25, -0.2) is 0 Å². The summed E-state index contributed by atoms with van der Waals surface area (Å²) in [6.07, 6.45) is 3.87. The summed E-state index contributed by atoms with van der Waals surface area (Å²) in [7, 11) is 0. The molecule has 0 spiro atoms. The number of aryl methyl sites for hydroxylation is 1. The number of alkyl halides is 2. The van der Waals surface area contributed by atoms with Crippen molar-refractivity contribution in [2.75, 3.05) is 18.4 Å². The summed E-state index contributed by atoms with van der Waals surface area (Å²) in [6.45, 7) is 0.573. The van der Waals surface area contributed by atoms with Crippen LogP contribution in [-0.4, -0.2) is 35.4 Å². The van der Waals surface area contributed by atoms with Crippen molar-refractivity contribution in [1.82, 2.24) is 15.1 Å². The van der Waals surface area contributed by atoms with E-state index in [-0.39, 0.29) is 17.5 Å². The molecule has 1 amide bonds. The van der Waals surface area contributed by atoms with E-state index >= 15 is 0 Å². The molecule has 2 aromatic rings. The van der Waals surface area contributed by atoms with E-state index in [4.69, 9.17) is 0 Å². The zero-order chi connectivity index (χ0) is 17.8. The lowest BCUT2D eigenvalue weighted by atomic mass is 10.1. The van der Waals surface area contributed by atoms with Gasteiger partial charge in [0.1, 0.15) is 5.75 Å². The fourth-order valence-electron chi connectivity index (χ4n) is 2.82. The van der Waals surface area contributed by atoms with Gasteiger partial charge in [0, 0.05) is 24.5 Å². The number of hydrogen-bond acceptors (Lipinski definition) is 4.